The van der Waals surface area contributed by atoms with Crippen molar-refractivity contribution >= 4 is 0 Å². The van der Waals surface area contributed by atoms with E-state index in [1.165, 1.54) is 5.56 Å². The number of hydrogen-bond acceptors (Lipinski definition) is 3. The Labute approximate surface area is 114 Å². The van der Waals surface area contributed by atoms with Crippen LogP contribution in [0.15, 0.2) is 46.9 Å². The van der Waals surface area contributed by atoms with Crippen molar-refractivity contribution in [3.63, 3.8) is 0 Å². The summed E-state index contributed by atoms with van der Waals surface area (Å²) in [6, 6.07) is 15.2. The second-order valence-electron chi connectivity index (χ2n) is 5.16. The van der Waals surface area contributed by atoms with Crippen molar-refractivity contribution in [3.8, 4) is 0 Å². The highest BCUT2D eigenvalue weighted by atomic mass is 16.3. The maximum absolute atomic E-state index is 5.67. The number of rotatable bonds is 3. The Morgan fingerprint density at radius 1 is 1.21 bits per heavy atom. The largest absolute Gasteiger partial charge is 0.465 e. The Kier molecular flexibility index (Phi) is 3.67. The average molecular weight is 256 g/mol. The molecule has 1 atom stereocenters. The summed E-state index contributed by atoms with van der Waals surface area (Å²) in [4.78, 5) is 2.45. The quantitative estimate of drug-likeness (QED) is 0.915. The molecule has 1 aliphatic rings. The van der Waals surface area contributed by atoms with Gasteiger partial charge in [0.25, 0.3) is 0 Å². The van der Waals surface area contributed by atoms with Gasteiger partial charge < -0.3 is 9.73 Å². The van der Waals surface area contributed by atoms with Gasteiger partial charge in [0.15, 0.2) is 0 Å². The standard InChI is InChI=1S/C16H20N2O/c1-13-7-8-15(19-13)11-18-10-9-17-16(12-18)14-5-3-2-4-6-14/h2-8,16-17H,9-12H2,1H3. The van der Waals surface area contributed by atoms with Gasteiger partial charge in [0.1, 0.15) is 11.5 Å². The summed E-state index contributed by atoms with van der Waals surface area (Å²) in [6.07, 6.45) is 0. The summed E-state index contributed by atoms with van der Waals surface area (Å²) in [5, 5.41) is 3.58. The highest BCUT2D eigenvalue weighted by molar-refractivity contribution is 5.20. The highest BCUT2D eigenvalue weighted by Crippen LogP contribution is 2.19. The van der Waals surface area contributed by atoms with E-state index in [1.54, 1.807) is 0 Å². The Balaban J connectivity index is 1.65. The van der Waals surface area contributed by atoms with Crippen LogP contribution in [0.25, 0.3) is 0 Å². The molecule has 1 aromatic heterocycles. The minimum absolute atomic E-state index is 0.422. The molecule has 1 aliphatic heterocycles. The number of nitrogens with one attached hydrogen (secondary N) is 1. The first kappa shape index (κ1) is 12.5. The van der Waals surface area contributed by atoms with Gasteiger partial charge in [-0.05, 0) is 24.6 Å². The van der Waals surface area contributed by atoms with Gasteiger partial charge in [-0.25, -0.2) is 0 Å². The van der Waals surface area contributed by atoms with Gasteiger partial charge >= 0.3 is 0 Å². The number of piperazine rings is 1. The third-order valence-corrected chi connectivity index (χ3v) is 3.64. The van der Waals surface area contributed by atoms with Gasteiger partial charge in [0, 0.05) is 25.7 Å². The lowest BCUT2D eigenvalue weighted by atomic mass is 10.0. The Morgan fingerprint density at radius 2 is 2.05 bits per heavy atom. The fraction of sp³-hybridized carbons (Fsp3) is 0.375. The van der Waals surface area contributed by atoms with Gasteiger partial charge in [-0.3, -0.25) is 4.90 Å². The third kappa shape index (κ3) is 3.06. The minimum atomic E-state index is 0.422. The van der Waals surface area contributed by atoms with E-state index in [-0.39, 0.29) is 0 Å². The molecule has 0 bridgehead atoms. The molecule has 1 N–H and O–H groups in total. The van der Waals surface area contributed by atoms with E-state index in [0.29, 0.717) is 6.04 Å². The zero-order valence-corrected chi connectivity index (χ0v) is 11.3. The van der Waals surface area contributed by atoms with E-state index >= 15 is 0 Å². The zero-order valence-electron chi connectivity index (χ0n) is 11.3. The molecule has 0 saturated carbocycles. The average Bonchev–Trinajstić information content (AvgIpc) is 2.85. The van der Waals surface area contributed by atoms with E-state index in [4.69, 9.17) is 4.42 Å². The first-order chi connectivity index (χ1) is 9.31. The van der Waals surface area contributed by atoms with E-state index in [1.807, 2.05) is 13.0 Å². The molecular formula is C16H20N2O. The number of benzene rings is 1. The number of nitrogens with zero attached hydrogens (tertiary/aromatic N) is 1. The van der Waals surface area contributed by atoms with Gasteiger partial charge in [0.2, 0.25) is 0 Å². The van der Waals surface area contributed by atoms with Crippen LogP contribution in [-0.4, -0.2) is 24.5 Å². The predicted molar refractivity (Wildman–Crippen MR) is 75.9 cm³/mol. The number of hydrogen-bond donors (Lipinski definition) is 1. The van der Waals surface area contributed by atoms with Crippen LogP contribution in [0.2, 0.25) is 0 Å². The molecule has 3 nitrogen and oxygen atoms in total. The van der Waals surface area contributed by atoms with Crippen LogP contribution >= 0.6 is 0 Å². The van der Waals surface area contributed by atoms with Crippen LogP contribution in [0.5, 0.6) is 0 Å². The second-order valence-corrected chi connectivity index (χ2v) is 5.16. The molecule has 3 heteroatoms. The summed E-state index contributed by atoms with van der Waals surface area (Å²) in [7, 11) is 0. The maximum Gasteiger partial charge on any atom is 0.118 e. The molecule has 3 rings (SSSR count). The lowest BCUT2D eigenvalue weighted by molar-refractivity contribution is 0.180. The first-order valence-electron chi connectivity index (χ1n) is 6.87. The Morgan fingerprint density at radius 3 is 2.79 bits per heavy atom. The van der Waals surface area contributed by atoms with E-state index < -0.39 is 0 Å². The van der Waals surface area contributed by atoms with Crippen molar-refractivity contribution in [2.45, 2.75) is 19.5 Å². The lowest BCUT2D eigenvalue weighted by Crippen LogP contribution is -2.45. The topological polar surface area (TPSA) is 28.4 Å². The van der Waals surface area contributed by atoms with E-state index in [9.17, 15) is 0 Å². The summed E-state index contributed by atoms with van der Waals surface area (Å²) < 4.78 is 5.67. The van der Waals surface area contributed by atoms with Crippen LogP contribution in [0.3, 0.4) is 0 Å². The van der Waals surface area contributed by atoms with Crippen molar-refractivity contribution in [1.29, 1.82) is 0 Å². The lowest BCUT2D eigenvalue weighted by Gasteiger charge is -2.33. The SMILES string of the molecule is Cc1ccc(CN2CCNC(c3ccccc3)C2)o1. The van der Waals surface area contributed by atoms with Crippen molar-refractivity contribution < 1.29 is 4.42 Å². The van der Waals surface area contributed by atoms with Crippen molar-refractivity contribution in [2.75, 3.05) is 19.6 Å². The first-order valence-corrected chi connectivity index (χ1v) is 6.87. The molecule has 100 valence electrons. The molecule has 0 radical (unpaired) electrons. The molecule has 2 heterocycles. The van der Waals surface area contributed by atoms with Crippen LogP contribution in [0, 0.1) is 6.92 Å². The van der Waals surface area contributed by atoms with Gasteiger partial charge in [-0.2, -0.15) is 0 Å². The van der Waals surface area contributed by atoms with Gasteiger partial charge in [-0.15, -0.1) is 0 Å². The summed E-state index contributed by atoms with van der Waals surface area (Å²) in [6.45, 7) is 6.03. The molecule has 2 aromatic rings. The van der Waals surface area contributed by atoms with Gasteiger partial charge in [0.05, 0.1) is 6.54 Å². The molecule has 0 spiro atoms. The molecule has 19 heavy (non-hydrogen) atoms. The van der Waals surface area contributed by atoms with Crippen LogP contribution < -0.4 is 5.32 Å². The van der Waals surface area contributed by atoms with E-state index in [0.717, 1.165) is 37.7 Å². The van der Waals surface area contributed by atoms with Crippen molar-refractivity contribution in [3.05, 3.63) is 59.5 Å². The third-order valence-electron chi connectivity index (χ3n) is 3.64. The molecule has 0 aliphatic carbocycles. The van der Waals surface area contributed by atoms with Crippen molar-refractivity contribution in [2.24, 2.45) is 0 Å². The molecular weight excluding hydrogens is 236 g/mol. The molecule has 1 aromatic carbocycles. The normalized spacial score (nSPS) is 20.6. The molecule has 1 saturated heterocycles. The molecule has 1 fully saturated rings. The zero-order chi connectivity index (χ0) is 13.1. The molecule has 0 amide bonds. The predicted octanol–water partition coefficient (Wildman–Crippen LogP) is 2.73. The van der Waals surface area contributed by atoms with Crippen LogP contribution in [-0.2, 0) is 6.54 Å². The second kappa shape index (κ2) is 5.59. The Bertz CT molecular complexity index is 521. The minimum Gasteiger partial charge on any atom is -0.465 e. The van der Waals surface area contributed by atoms with Crippen LogP contribution in [0.1, 0.15) is 23.1 Å². The fourth-order valence-corrected chi connectivity index (χ4v) is 2.65. The van der Waals surface area contributed by atoms with E-state index in [2.05, 4.69) is 46.6 Å². The number of aryl methyl sites for hydroxylation is 1. The van der Waals surface area contributed by atoms with Crippen LogP contribution in [0.4, 0.5) is 0 Å². The molecule has 1 unspecified atom stereocenters. The summed E-state index contributed by atoms with van der Waals surface area (Å²) >= 11 is 0. The summed E-state index contributed by atoms with van der Waals surface area (Å²) in [5.41, 5.74) is 1.36. The maximum atomic E-state index is 5.67. The van der Waals surface area contributed by atoms with Gasteiger partial charge in [-0.1, -0.05) is 30.3 Å². The monoisotopic (exact) mass is 256 g/mol. The summed E-state index contributed by atoms with van der Waals surface area (Å²) in [5.74, 6) is 2.05. The highest BCUT2D eigenvalue weighted by Gasteiger charge is 2.21. The fourth-order valence-electron chi connectivity index (χ4n) is 2.65. The number of furan rings is 1. The Hall–Kier alpha value is -1.58. The van der Waals surface area contributed by atoms with Crippen molar-refractivity contribution in [1.82, 2.24) is 10.2 Å². The smallest absolute Gasteiger partial charge is 0.118 e.